The second-order valence-corrected chi connectivity index (χ2v) is 5.23. The molecule has 0 spiro atoms. The largest absolute Gasteiger partial charge is 0.484 e. The zero-order chi connectivity index (χ0) is 14.5. The normalized spacial score (nSPS) is 12.9. The summed E-state index contributed by atoms with van der Waals surface area (Å²) in [5.74, 6) is 0.424. The van der Waals surface area contributed by atoms with Gasteiger partial charge in [-0.2, -0.15) is 0 Å². The molecule has 0 aliphatic carbocycles. The Morgan fingerprint density at radius 3 is 2.42 bits per heavy atom. The highest BCUT2D eigenvalue weighted by atomic mass is 16.5. The van der Waals surface area contributed by atoms with Crippen LogP contribution in [0.15, 0.2) is 24.3 Å². The first-order valence-electron chi connectivity index (χ1n) is 6.56. The molecule has 0 heterocycles. The number of benzene rings is 1. The van der Waals surface area contributed by atoms with Crippen LogP contribution in [0.25, 0.3) is 0 Å². The fourth-order valence-electron chi connectivity index (χ4n) is 1.47. The van der Waals surface area contributed by atoms with Gasteiger partial charge in [0.25, 0.3) is 5.91 Å². The lowest BCUT2D eigenvalue weighted by Gasteiger charge is -2.29. The van der Waals surface area contributed by atoms with Gasteiger partial charge in [-0.1, -0.05) is 19.1 Å². The zero-order valence-corrected chi connectivity index (χ0v) is 12.1. The van der Waals surface area contributed by atoms with Crippen molar-refractivity contribution in [2.45, 2.75) is 45.8 Å². The number of aliphatic hydroxyl groups is 1. The molecule has 0 aliphatic heterocycles. The zero-order valence-electron chi connectivity index (χ0n) is 12.1. The summed E-state index contributed by atoms with van der Waals surface area (Å²) in [6.07, 6.45) is 0.351. The number of carbonyl (C=O) groups is 1. The van der Waals surface area contributed by atoms with Gasteiger partial charge in [0.05, 0.1) is 11.6 Å². The SMILES string of the molecule is CCc1ccc(OCC(=O)NC(C)(C)C(C)O)cc1. The van der Waals surface area contributed by atoms with Gasteiger partial charge in [0.15, 0.2) is 6.61 Å². The van der Waals surface area contributed by atoms with Gasteiger partial charge in [-0.3, -0.25) is 4.79 Å². The van der Waals surface area contributed by atoms with Gasteiger partial charge in [-0.15, -0.1) is 0 Å². The first kappa shape index (κ1) is 15.5. The molecule has 0 fully saturated rings. The molecule has 1 aromatic rings. The Morgan fingerprint density at radius 2 is 1.95 bits per heavy atom. The van der Waals surface area contributed by atoms with E-state index in [1.165, 1.54) is 5.56 Å². The highest BCUT2D eigenvalue weighted by molar-refractivity contribution is 5.78. The van der Waals surface area contributed by atoms with Crippen molar-refractivity contribution in [3.8, 4) is 5.75 Å². The summed E-state index contributed by atoms with van der Waals surface area (Å²) < 4.78 is 5.40. The molecule has 0 saturated heterocycles. The highest BCUT2D eigenvalue weighted by Crippen LogP contribution is 2.13. The van der Waals surface area contributed by atoms with Crippen LogP contribution in [0, 0.1) is 0 Å². The third-order valence-corrected chi connectivity index (χ3v) is 3.21. The van der Waals surface area contributed by atoms with E-state index in [0.29, 0.717) is 5.75 Å². The van der Waals surface area contributed by atoms with E-state index in [4.69, 9.17) is 4.74 Å². The topological polar surface area (TPSA) is 58.6 Å². The lowest BCUT2D eigenvalue weighted by molar-refractivity contribution is -0.126. The molecule has 0 radical (unpaired) electrons. The second kappa shape index (κ2) is 6.57. The minimum absolute atomic E-state index is 0.0539. The van der Waals surface area contributed by atoms with Crippen molar-refractivity contribution in [1.82, 2.24) is 5.32 Å². The summed E-state index contributed by atoms with van der Waals surface area (Å²) in [7, 11) is 0. The Bertz CT molecular complexity index is 410. The van der Waals surface area contributed by atoms with Gasteiger partial charge in [0.1, 0.15) is 5.75 Å². The molecule has 4 heteroatoms. The maximum atomic E-state index is 11.7. The number of aryl methyl sites for hydroxylation is 1. The number of rotatable bonds is 6. The summed E-state index contributed by atoms with van der Waals surface area (Å²) in [6.45, 7) is 7.21. The van der Waals surface area contributed by atoms with E-state index in [9.17, 15) is 9.90 Å². The Kier molecular flexibility index (Phi) is 5.36. The highest BCUT2D eigenvalue weighted by Gasteiger charge is 2.25. The van der Waals surface area contributed by atoms with Gasteiger partial charge in [-0.25, -0.2) is 0 Å². The van der Waals surface area contributed by atoms with Crippen molar-refractivity contribution >= 4 is 5.91 Å². The van der Waals surface area contributed by atoms with Crippen LogP contribution >= 0.6 is 0 Å². The number of hydrogen-bond acceptors (Lipinski definition) is 3. The predicted octanol–water partition coefficient (Wildman–Crippen LogP) is 1.90. The van der Waals surface area contributed by atoms with Gasteiger partial charge in [0, 0.05) is 0 Å². The maximum Gasteiger partial charge on any atom is 0.258 e. The fourth-order valence-corrected chi connectivity index (χ4v) is 1.47. The molecule has 1 atom stereocenters. The van der Waals surface area contributed by atoms with Crippen LogP contribution in [-0.4, -0.2) is 29.3 Å². The Labute approximate surface area is 114 Å². The van der Waals surface area contributed by atoms with Crippen LogP contribution in [0.3, 0.4) is 0 Å². The monoisotopic (exact) mass is 265 g/mol. The standard InChI is InChI=1S/C15H23NO3/c1-5-12-6-8-13(9-7-12)19-10-14(18)16-15(3,4)11(2)17/h6-9,11,17H,5,10H2,1-4H3,(H,16,18). The summed E-state index contributed by atoms with van der Waals surface area (Å²) in [5, 5.41) is 12.3. The molecule has 4 nitrogen and oxygen atoms in total. The summed E-state index contributed by atoms with van der Waals surface area (Å²) in [6, 6.07) is 7.66. The average molecular weight is 265 g/mol. The van der Waals surface area contributed by atoms with Gasteiger partial charge in [0.2, 0.25) is 0 Å². The number of ether oxygens (including phenoxy) is 1. The molecule has 1 amide bonds. The van der Waals surface area contributed by atoms with Crippen LogP contribution in [0.4, 0.5) is 0 Å². The smallest absolute Gasteiger partial charge is 0.258 e. The molecule has 0 aliphatic rings. The molecular weight excluding hydrogens is 242 g/mol. The third kappa shape index (κ3) is 4.91. The first-order valence-corrected chi connectivity index (χ1v) is 6.56. The first-order chi connectivity index (χ1) is 8.85. The van der Waals surface area contributed by atoms with Gasteiger partial charge < -0.3 is 15.2 Å². The number of carbonyl (C=O) groups excluding carboxylic acids is 1. The lowest BCUT2D eigenvalue weighted by atomic mass is 9.99. The Balaban J connectivity index is 2.45. The maximum absolute atomic E-state index is 11.7. The van der Waals surface area contributed by atoms with Crippen LogP contribution in [0.2, 0.25) is 0 Å². The number of nitrogens with one attached hydrogen (secondary N) is 1. The van der Waals surface area contributed by atoms with Crippen LogP contribution < -0.4 is 10.1 Å². The lowest BCUT2D eigenvalue weighted by Crippen LogP contribution is -2.52. The fraction of sp³-hybridized carbons (Fsp3) is 0.533. The van der Waals surface area contributed by atoms with Crippen LogP contribution in [-0.2, 0) is 11.2 Å². The predicted molar refractivity (Wildman–Crippen MR) is 75.2 cm³/mol. The summed E-state index contributed by atoms with van der Waals surface area (Å²) >= 11 is 0. The number of hydrogen-bond donors (Lipinski definition) is 2. The van der Waals surface area contributed by atoms with Crippen LogP contribution in [0.1, 0.15) is 33.3 Å². The average Bonchev–Trinajstić information content (AvgIpc) is 2.36. The van der Waals surface area contributed by atoms with Crippen molar-refractivity contribution in [3.63, 3.8) is 0 Å². The second-order valence-electron chi connectivity index (χ2n) is 5.23. The van der Waals surface area contributed by atoms with E-state index >= 15 is 0 Å². The third-order valence-electron chi connectivity index (χ3n) is 3.21. The van der Waals surface area contributed by atoms with Crippen molar-refractivity contribution in [2.24, 2.45) is 0 Å². The minimum atomic E-state index is -0.660. The molecule has 0 saturated carbocycles. The molecule has 1 unspecified atom stereocenters. The van der Waals surface area contributed by atoms with Gasteiger partial charge in [-0.05, 0) is 44.9 Å². The van der Waals surface area contributed by atoms with Crippen LogP contribution in [0.5, 0.6) is 5.75 Å². The summed E-state index contributed by atoms with van der Waals surface area (Å²) in [5.41, 5.74) is 0.569. The van der Waals surface area contributed by atoms with Crippen molar-refractivity contribution < 1.29 is 14.6 Å². The van der Waals surface area contributed by atoms with E-state index in [1.54, 1.807) is 20.8 Å². The quantitative estimate of drug-likeness (QED) is 0.826. The minimum Gasteiger partial charge on any atom is -0.484 e. The molecule has 0 bridgehead atoms. The van der Waals surface area contributed by atoms with Gasteiger partial charge >= 0.3 is 0 Å². The van der Waals surface area contributed by atoms with Crippen molar-refractivity contribution in [2.75, 3.05) is 6.61 Å². The molecule has 2 N–H and O–H groups in total. The molecule has 19 heavy (non-hydrogen) atoms. The van der Waals surface area contributed by atoms with Crippen molar-refractivity contribution in [3.05, 3.63) is 29.8 Å². The number of amides is 1. The van der Waals surface area contributed by atoms with E-state index in [0.717, 1.165) is 6.42 Å². The van der Waals surface area contributed by atoms with Crippen molar-refractivity contribution in [1.29, 1.82) is 0 Å². The molecule has 1 rings (SSSR count). The van der Waals surface area contributed by atoms with E-state index < -0.39 is 11.6 Å². The van der Waals surface area contributed by atoms with E-state index in [-0.39, 0.29) is 12.5 Å². The van der Waals surface area contributed by atoms with E-state index in [1.807, 2.05) is 24.3 Å². The van der Waals surface area contributed by atoms with E-state index in [2.05, 4.69) is 12.2 Å². The molecular formula is C15H23NO3. The molecule has 0 aromatic heterocycles. The Hall–Kier alpha value is -1.55. The summed E-state index contributed by atoms with van der Waals surface area (Å²) in [4.78, 5) is 11.7. The molecule has 1 aromatic carbocycles. The Morgan fingerprint density at radius 1 is 1.37 bits per heavy atom. The molecule has 106 valence electrons. The number of aliphatic hydroxyl groups excluding tert-OH is 1.